The molecule has 2 aromatic rings. The highest BCUT2D eigenvalue weighted by Gasteiger charge is 2.08. The second kappa shape index (κ2) is 9.08. The number of thioether (sulfide) groups is 1. The molecule has 2 heterocycles. The van der Waals surface area contributed by atoms with Gasteiger partial charge in [-0.1, -0.05) is 26.2 Å². The van der Waals surface area contributed by atoms with Crippen LogP contribution in [0.1, 0.15) is 45.2 Å². The van der Waals surface area contributed by atoms with Crippen LogP contribution in [0.3, 0.4) is 0 Å². The molecule has 5 nitrogen and oxygen atoms in total. The Morgan fingerprint density at radius 1 is 1.48 bits per heavy atom. The molecule has 1 amide bonds. The molecule has 0 radical (unpaired) electrons. The summed E-state index contributed by atoms with van der Waals surface area (Å²) in [5, 5.41) is 4.86. The third-order valence-corrected chi connectivity index (χ3v) is 5.21. The van der Waals surface area contributed by atoms with Crippen LogP contribution in [0, 0.1) is 0 Å². The van der Waals surface area contributed by atoms with Crippen molar-refractivity contribution in [2.24, 2.45) is 0 Å². The molecule has 2 aromatic heterocycles. The van der Waals surface area contributed by atoms with Crippen molar-refractivity contribution in [1.82, 2.24) is 14.7 Å². The van der Waals surface area contributed by atoms with Crippen LogP contribution in [-0.4, -0.2) is 27.1 Å². The number of aromatic nitrogens is 2. The molecule has 0 saturated carbocycles. The first-order valence-electron chi connectivity index (χ1n) is 7.93. The van der Waals surface area contributed by atoms with E-state index in [1.54, 1.807) is 6.20 Å². The molecular weight excluding hydrogens is 330 g/mol. The van der Waals surface area contributed by atoms with Crippen molar-refractivity contribution in [3.8, 4) is 0 Å². The van der Waals surface area contributed by atoms with Crippen LogP contribution in [0.2, 0.25) is 0 Å². The summed E-state index contributed by atoms with van der Waals surface area (Å²) in [6.07, 6.45) is 6.30. The largest absolute Gasteiger partial charge is 0.353 e. The van der Waals surface area contributed by atoms with E-state index in [0.717, 1.165) is 18.5 Å². The molecule has 0 spiro atoms. The van der Waals surface area contributed by atoms with E-state index in [2.05, 4.69) is 17.2 Å². The maximum atomic E-state index is 11.9. The predicted molar refractivity (Wildman–Crippen MR) is 97.2 cm³/mol. The van der Waals surface area contributed by atoms with Gasteiger partial charge in [0.15, 0.2) is 4.96 Å². The zero-order valence-electron chi connectivity index (χ0n) is 13.6. The van der Waals surface area contributed by atoms with Crippen LogP contribution in [0.5, 0.6) is 0 Å². The molecular formula is C16H23N3O2S2. The summed E-state index contributed by atoms with van der Waals surface area (Å²) in [7, 11) is 0. The van der Waals surface area contributed by atoms with Gasteiger partial charge in [0.05, 0.1) is 11.4 Å². The fraction of sp³-hybridized carbons (Fsp3) is 0.562. The van der Waals surface area contributed by atoms with Crippen molar-refractivity contribution >= 4 is 34.0 Å². The van der Waals surface area contributed by atoms with Crippen LogP contribution in [0.4, 0.5) is 0 Å². The number of amides is 1. The molecule has 23 heavy (non-hydrogen) atoms. The van der Waals surface area contributed by atoms with Crippen LogP contribution in [0.25, 0.3) is 4.96 Å². The Labute approximate surface area is 144 Å². The van der Waals surface area contributed by atoms with E-state index >= 15 is 0 Å². The van der Waals surface area contributed by atoms with Gasteiger partial charge in [-0.05, 0) is 13.3 Å². The van der Waals surface area contributed by atoms with Crippen molar-refractivity contribution in [2.75, 3.05) is 5.75 Å². The Balaban J connectivity index is 1.75. The van der Waals surface area contributed by atoms with Crippen LogP contribution in [-0.2, 0) is 10.5 Å². The molecule has 0 aliphatic carbocycles. The van der Waals surface area contributed by atoms with E-state index < -0.39 is 0 Å². The number of unbranched alkanes of at least 4 members (excludes halogenated alkanes) is 2. The Bertz CT molecular complexity index is 696. The lowest BCUT2D eigenvalue weighted by molar-refractivity contribution is -0.119. The number of nitrogens with zero attached hydrogens (tertiary/aromatic N) is 2. The van der Waals surface area contributed by atoms with Crippen molar-refractivity contribution in [3.05, 3.63) is 33.7 Å². The summed E-state index contributed by atoms with van der Waals surface area (Å²) in [6.45, 7) is 4.22. The summed E-state index contributed by atoms with van der Waals surface area (Å²) in [4.78, 5) is 28.9. The van der Waals surface area contributed by atoms with Gasteiger partial charge in [-0.15, -0.1) is 23.1 Å². The van der Waals surface area contributed by atoms with E-state index in [9.17, 15) is 9.59 Å². The van der Waals surface area contributed by atoms with Gasteiger partial charge in [0.2, 0.25) is 5.91 Å². The zero-order valence-corrected chi connectivity index (χ0v) is 15.2. The Kier molecular flexibility index (Phi) is 7.11. The fourth-order valence-corrected chi connectivity index (χ4v) is 3.77. The molecule has 7 heteroatoms. The summed E-state index contributed by atoms with van der Waals surface area (Å²) in [5.41, 5.74) is 0.659. The van der Waals surface area contributed by atoms with Crippen LogP contribution < -0.4 is 10.9 Å². The average Bonchev–Trinajstić information content (AvgIpc) is 2.96. The second-order valence-corrected chi connectivity index (χ2v) is 7.46. The first kappa shape index (κ1) is 18.0. The maximum Gasteiger partial charge on any atom is 0.258 e. The minimum Gasteiger partial charge on any atom is -0.353 e. The van der Waals surface area contributed by atoms with E-state index in [1.165, 1.54) is 46.4 Å². The van der Waals surface area contributed by atoms with Crippen molar-refractivity contribution in [3.63, 3.8) is 0 Å². The van der Waals surface area contributed by atoms with Gasteiger partial charge in [-0.2, -0.15) is 0 Å². The van der Waals surface area contributed by atoms with Gasteiger partial charge in [0, 0.05) is 29.4 Å². The van der Waals surface area contributed by atoms with Gasteiger partial charge in [0.1, 0.15) is 0 Å². The minimum atomic E-state index is -0.0687. The summed E-state index contributed by atoms with van der Waals surface area (Å²) in [6, 6.07) is 1.76. The fourth-order valence-electron chi connectivity index (χ4n) is 2.30. The topological polar surface area (TPSA) is 63.5 Å². The minimum absolute atomic E-state index is 0.0490. The first-order chi connectivity index (χ1) is 11.1. The summed E-state index contributed by atoms with van der Waals surface area (Å²) >= 11 is 2.92. The number of hydrogen-bond donors (Lipinski definition) is 1. The molecule has 0 aliphatic heterocycles. The van der Waals surface area contributed by atoms with Gasteiger partial charge in [-0.25, -0.2) is 4.98 Å². The normalized spacial score (nSPS) is 12.4. The van der Waals surface area contributed by atoms with Crippen molar-refractivity contribution in [2.45, 2.75) is 51.3 Å². The second-order valence-electron chi connectivity index (χ2n) is 5.60. The standard InChI is InChI=1S/C16H23N3O2S2/c1-3-4-5-6-12(2)17-14(20)11-22-10-13-9-15(21)19-7-8-23-16(19)18-13/h7-9,12H,3-6,10-11H2,1-2H3,(H,17,20). The molecule has 0 bridgehead atoms. The quantitative estimate of drug-likeness (QED) is 0.704. The molecule has 0 saturated heterocycles. The molecule has 126 valence electrons. The molecule has 1 atom stereocenters. The Hall–Kier alpha value is -1.34. The average molecular weight is 354 g/mol. The number of carbonyl (C=O) groups is 1. The zero-order chi connectivity index (χ0) is 16.7. The predicted octanol–water partition coefficient (Wildman–Crippen LogP) is 3.07. The molecule has 2 rings (SSSR count). The Morgan fingerprint density at radius 2 is 2.30 bits per heavy atom. The number of nitrogens with one attached hydrogen (secondary N) is 1. The lowest BCUT2D eigenvalue weighted by Gasteiger charge is -2.13. The molecule has 0 aliphatic rings. The highest BCUT2D eigenvalue weighted by Crippen LogP contribution is 2.12. The van der Waals surface area contributed by atoms with Gasteiger partial charge < -0.3 is 5.32 Å². The van der Waals surface area contributed by atoms with Crippen molar-refractivity contribution in [1.29, 1.82) is 0 Å². The third-order valence-electron chi connectivity index (χ3n) is 3.49. The van der Waals surface area contributed by atoms with Crippen molar-refractivity contribution < 1.29 is 4.79 Å². The summed E-state index contributed by atoms with van der Waals surface area (Å²) < 4.78 is 1.53. The van der Waals surface area contributed by atoms with E-state index in [4.69, 9.17) is 0 Å². The number of fused-ring (bicyclic) bond motifs is 1. The number of carbonyl (C=O) groups excluding carboxylic acids is 1. The van der Waals surface area contributed by atoms with Gasteiger partial charge in [-0.3, -0.25) is 14.0 Å². The Morgan fingerprint density at radius 3 is 3.09 bits per heavy atom. The number of thiazole rings is 1. The number of rotatable bonds is 9. The molecule has 1 N–H and O–H groups in total. The van der Waals surface area contributed by atoms with E-state index in [0.29, 0.717) is 16.5 Å². The highest BCUT2D eigenvalue weighted by atomic mass is 32.2. The molecule has 0 fully saturated rings. The number of hydrogen-bond acceptors (Lipinski definition) is 5. The van der Waals surface area contributed by atoms with Crippen LogP contribution >= 0.6 is 23.1 Å². The highest BCUT2D eigenvalue weighted by molar-refractivity contribution is 7.99. The lowest BCUT2D eigenvalue weighted by atomic mass is 10.1. The third kappa shape index (κ3) is 5.66. The molecule has 1 unspecified atom stereocenters. The first-order valence-corrected chi connectivity index (χ1v) is 9.96. The van der Waals surface area contributed by atoms with E-state index in [1.807, 2.05) is 12.3 Å². The van der Waals surface area contributed by atoms with E-state index in [-0.39, 0.29) is 17.5 Å². The monoisotopic (exact) mass is 353 g/mol. The SMILES string of the molecule is CCCCCC(C)NC(=O)CSCc1cc(=O)n2ccsc2n1. The molecule has 0 aromatic carbocycles. The lowest BCUT2D eigenvalue weighted by Crippen LogP contribution is -2.33. The van der Waals surface area contributed by atoms with Gasteiger partial charge >= 0.3 is 0 Å². The summed E-state index contributed by atoms with van der Waals surface area (Å²) in [5.74, 6) is 1.01. The smallest absolute Gasteiger partial charge is 0.258 e. The maximum absolute atomic E-state index is 11.9. The van der Waals surface area contributed by atoms with Crippen LogP contribution in [0.15, 0.2) is 22.4 Å². The van der Waals surface area contributed by atoms with Gasteiger partial charge in [0.25, 0.3) is 5.56 Å².